The fourth-order valence-corrected chi connectivity index (χ4v) is 5.21. The van der Waals surface area contributed by atoms with E-state index < -0.39 is 0 Å². The molecule has 1 aromatic heterocycles. The van der Waals surface area contributed by atoms with Gasteiger partial charge in [-0.15, -0.1) is 0 Å². The first kappa shape index (κ1) is 18.1. The highest BCUT2D eigenvalue weighted by Gasteiger charge is 2.22. The highest BCUT2D eigenvalue weighted by molar-refractivity contribution is 7.99. The number of para-hydroxylation sites is 2. The van der Waals surface area contributed by atoms with Crippen molar-refractivity contribution in [3.63, 3.8) is 0 Å². The zero-order valence-electron chi connectivity index (χ0n) is 16.2. The lowest BCUT2D eigenvalue weighted by molar-refractivity contribution is 0.211. The van der Waals surface area contributed by atoms with Crippen LogP contribution in [0.2, 0.25) is 0 Å². The smallest absolute Gasteiger partial charge is 0.197 e. The number of aromatic nitrogens is 1. The lowest BCUT2D eigenvalue weighted by atomic mass is 10.0. The third-order valence-electron chi connectivity index (χ3n) is 5.68. The average molecular weight is 424 g/mol. The second-order valence-electron chi connectivity index (χ2n) is 7.45. The SMILES string of the molecule is O=c1c2ccccc2n(O)c2cc(-c3ccc4c(c3)Sc3ccccc3N4O)ccc12. The number of benzene rings is 4. The van der Waals surface area contributed by atoms with Gasteiger partial charge in [-0.05, 0) is 59.7 Å². The molecular formula is C25H16N2O3S. The number of hydrogen-bond acceptors (Lipinski definition) is 5. The molecule has 0 spiro atoms. The van der Waals surface area contributed by atoms with E-state index in [0.29, 0.717) is 21.8 Å². The number of hydrogen-bond donors (Lipinski definition) is 2. The Morgan fingerprint density at radius 2 is 1.32 bits per heavy atom. The highest BCUT2D eigenvalue weighted by atomic mass is 32.2. The zero-order valence-corrected chi connectivity index (χ0v) is 17.0. The molecule has 0 aliphatic carbocycles. The van der Waals surface area contributed by atoms with Gasteiger partial charge >= 0.3 is 0 Å². The maximum atomic E-state index is 12.9. The number of anilines is 2. The van der Waals surface area contributed by atoms with Crippen LogP contribution in [0.3, 0.4) is 0 Å². The van der Waals surface area contributed by atoms with Crippen LogP contribution in [0.15, 0.2) is 99.5 Å². The van der Waals surface area contributed by atoms with E-state index in [1.807, 2.05) is 54.6 Å². The number of pyridine rings is 1. The van der Waals surface area contributed by atoms with Crippen LogP contribution in [-0.2, 0) is 0 Å². The predicted molar refractivity (Wildman–Crippen MR) is 123 cm³/mol. The van der Waals surface area contributed by atoms with Crippen LogP contribution >= 0.6 is 11.8 Å². The van der Waals surface area contributed by atoms with Crippen LogP contribution < -0.4 is 10.5 Å². The Balaban J connectivity index is 1.51. The van der Waals surface area contributed by atoms with E-state index in [1.54, 1.807) is 42.1 Å². The van der Waals surface area contributed by atoms with Crippen LogP contribution in [-0.4, -0.2) is 15.1 Å². The zero-order chi connectivity index (χ0) is 21.1. The van der Waals surface area contributed by atoms with Crippen molar-refractivity contribution in [1.82, 2.24) is 4.73 Å². The van der Waals surface area contributed by atoms with Crippen molar-refractivity contribution < 1.29 is 10.4 Å². The van der Waals surface area contributed by atoms with E-state index in [-0.39, 0.29) is 5.43 Å². The molecule has 0 bridgehead atoms. The standard InChI is InChI=1S/C25H16N2O3S/c28-25-17-5-1-2-6-19(17)26(29)22-13-15(9-11-18(22)25)16-10-12-21-24(14-16)31-23-8-4-3-7-20(23)27(21)30/h1-14,29-30H. The summed E-state index contributed by atoms with van der Waals surface area (Å²) in [5, 5.41) is 23.6. The Morgan fingerprint density at radius 3 is 2.23 bits per heavy atom. The average Bonchev–Trinajstić information content (AvgIpc) is 2.82. The van der Waals surface area contributed by atoms with Crippen LogP contribution in [0.1, 0.15) is 0 Å². The second-order valence-corrected chi connectivity index (χ2v) is 8.54. The van der Waals surface area contributed by atoms with E-state index in [0.717, 1.165) is 37.0 Å². The van der Waals surface area contributed by atoms with Gasteiger partial charge in [-0.3, -0.25) is 10.0 Å². The summed E-state index contributed by atoms with van der Waals surface area (Å²) >= 11 is 1.60. The molecule has 2 N–H and O–H groups in total. The van der Waals surface area contributed by atoms with Gasteiger partial charge < -0.3 is 5.21 Å². The lowest BCUT2D eigenvalue weighted by Crippen LogP contribution is -2.15. The molecule has 0 saturated heterocycles. The summed E-state index contributed by atoms with van der Waals surface area (Å²) in [6.45, 7) is 0. The fraction of sp³-hybridized carbons (Fsp3) is 0. The lowest BCUT2D eigenvalue weighted by Gasteiger charge is -2.27. The summed E-state index contributed by atoms with van der Waals surface area (Å²) in [4.78, 5) is 14.8. The van der Waals surface area contributed by atoms with E-state index >= 15 is 0 Å². The molecule has 4 aromatic carbocycles. The molecule has 0 fully saturated rings. The molecule has 150 valence electrons. The summed E-state index contributed by atoms with van der Waals surface area (Å²) in [5.74, 6) is 0. The van der Waals surface area contributed by atoms with Crippen molar-refractivity contribution in [2.45, 2.75) is 9.79 Å². The van der Waals surface area contributed by atoms with Crippen molar-refractivity contribution in [2.24, 2.45) is 0 Å². The molecule has 2 heterocycles. The van der Waals surface area contributed by atoms with Crippen molar-refractivity contribution in [1.29, 1.82) is 0 Å². The molecule has 0 saturated carbocycles. The maximum absolute atomic E-state index is 12.9. The Bertz CT molecular complexity index is 1580. The molecule has 31 heavy (non-hydrogen) atoms. The molecule has 6 heteroatoms. The van der Waals surface area contributed by atoms with Crippen LogP contribution in [0.4, 0.5) is 11.4 Å². The van der Waals surface area contributed by atoms with Crippen LogP contribution in [0, 0.1) is 0 Å². The highest BCUT2D eigenvalue weighted by Crippen LogP contribution is 2.48. The number of nitrogens with zero attached hydrogens (tertiary/aromatic N) is 2. The van der Waals surface area contributed by atoms with Gasteiger partial charge in [0, 0.05) is 20.6 Å². The van der Waals surface area contributed by atoms with Crippen molar-refractivity contribution in [3.8, 4) is 11.1 Å². The second kappa shape index (κ2) is 6.63. The fourth-order valence-electron chi connectivity index (χ4n) is 4.12. The molecule has 5 aromatic rings. The largest absolute Gasteiger partial charge is 0.428 e. The molecule has 1 aliphatic heterocycles. The minimum Gasteiger partial charge on any atom is -0.428 e. The van der Waals surface area contributed by atoms with Gasteiger partial charge in [0.05, 0.1) is 22.4 Å². The van der Waals surface area contributed by atoms with Gasteiger partial charge in [-0.1, -0.05) is 48.2 Å². The summed E-state index contributed by atoms with van der Waals surface area (Å²) < 4.78 is 1.08. The molecule has 5 nitrogen and oxygen atoms in total. The van der Waals surface area contributed by atoms with Gasteiger partial charge in [0.25, 0.3) is 0 Å². The Labute approximate surface area is 181 Å². The molecule has 0 amide bonds. The summed E-state index contributed by atoms with van der Waals surface area (Å²) in [7, 11) is 0. The molecule has 0 radical (unpaired) electrons. The topological polar surface area (TPSA) is 65.7 Å². The van der Waals surface area contributed by atoms with E-state index in [1.165, 1.54) is 5.06 Å². The molecule has 0 unspecified atom stereocenters. The van der Waals surface area contributed by atoms with E-state index in [4.69, 9.17) is 0 Å². The first-order chi connectivity index (χ1) is 15.1. The minimum atomic E-state index is -0.101. The summed E-state index contributed by atoms with van der Waals surface area (Å²) in [5.41, 5.74) is 4.12. The molecule has 0 atom stereocenters. The van der Waals surface area contributed by atoms with E-state index in [2.05, 4.69) is 0 Å². The number of fused-ring (bicyclic) bond motifs is 4. The Kier molecular flexibility index (Phi) is 3.86. The van der Waals surface area contributed by atoms with E-state index in [9.17, 15) is 15.2 Å². The predicted octanol–water partition coefficient (Wildman–Crippen LogP) is 6.05. The summed E-state index contributed by atoms with van der Waals surface area (Å²) in [6, 6.07) is 26.0. The summed E-state index contributed by atoms with van der Waals surface area (Å²) in [6.07, 6.45) is 0. The number of rotatable bonds is 1. The third kappa shape index (κ3) is 2.66. The first-order valence-electron chi connectivity index (χ1n) is 9.79. The van der Waals surface area contributed by atoms with Gasteiger partial charge in [0.2, 0.25) is 0 Å². The monoisotopic (exact) mass is 424 g/mol. The first-order valence-corrected chi connectivity index (χ1v) is 10.6. The maximum Gasteiger partial charge on any atom is 0.197 e. The molecule has 6 rings (SSSR count). The van der Waals surface area contributed by atoms with Gasteiger partial charge in [0.1, 0.15) is 0 Å². The van der Waals surface area contributed by atoms with Crippen molar-refractivity contribution >= 4 is 44.9 Å². The van der Waals surface area contributed by atoms with Crippen LogP contribution in [0.5, 0.6) is 0 Å². The minimum absolute atomic E-state index is 0.101. The Hall–Kier alpha value is -3.74. The van der Waals surface area contributed by atoms with Gasteiger partial charge in [-0.2, -0.15) is 4.73 Å². The van der Waals surface area contributed by atoms with Crippen molar-refractivity contribution in [3.05, 3.63) is 95.2 Å². The third-order valence-corrected chi connectivity index (χ3v) is 6.79. The molecular weight excluding hydrogens is 408 g/mol. The quantitative estimate of drug-likeness (QED) is 0.253. The van der Waals surface area contributed by atoms with Gasteiger partial charge in [-0.25, -0.2) is 5.06 Å². The normalized spacial score (nSPS) is 12.7. The van der Waals surface area contributed by atoms with Crippen LogP contribution in [0.25, 0.3) is 32.9 Å². The van der Waals surface area contributed by atoms with Crippen molar-refractivity contribution in [2.75, 3.05) is 5.06 Å². The molecule has 1 aliphatic rings. The van der Waals surface area contributed by atoms with Gasteiger partial charge in [0.15, 0.2) is 5.43 Å². The Morgan fingerprint density at radius 1 is 0.645 bits per heavy atom.